The fourth-order valence-corrected chi connectivity index (χ4v) is 1.07. The first-order valence-corrected chi connectivity index (χ1v) is 4.69. The van der Waals surface area contributed by atoms with E-state index < -0.39 is 0 Å². The van der Waals surface area contributed by atoms with Crippen molar-refractivity contribution in [3.8, 4) is 5.75 Å². The van der Waals surface area contributed by atoms with Gasteiger partial charge < -0.3 is 14.7 Å². The van der Waals surface area contributed by atoms with Gasteiger partial charge in [-0.25, -0.2) is 0 Å². The maximum Gasteiger partial charge on any atom is 0.119 e. The van der Waals surface area contributed by atoms with Gasteiger partial charge in [-0.2, -0.15) is 0 Å². The normalized spacial score (nSPS) is 12.9. The lowest BCUT2D eigenvalue weighted by molar-refractivity contribution is 0.118. The monoisotopic (exact) mass is 195 g/mol. The Bertz CT molecular complexity index is 249. The molecule has 3 heteroatoms. The van der Waals surface area contributed by atoms with Crippen LogP contribution in [0.25, 0.3) is 0 Å². The lowest BCUT2D eigenvalue weighted by atomic mass is 10.3. The van der Waals surface area contributed by atoms with Gasteiger partial charge in [0.1, 0.15) is 12.4 Å². The minimum atomic E-state index is 0.0511. The average Bonchev–Trinajstić information content (AvgIpc) is 2.20. The first-order valence-electron chi connectivity index (χ1n) is 4.69. The predicted molar refractivity (Wildman–Crippen MR) is 56.5 cm³/mol. The average molecular weight is 195 g/mol. The third-order valence-corrected chi connectivity index (χ3v) is 2.13. The molecular weight excluding hydrogens is 178 g/mol. The third-order valence-electron chi connectivity index (χ3n) is 2.13. The molecule has 1 aromatic rings. The second-order valence-corrected chi connectivity index (χ2v) is 3.42. The summed E-state index contributed by atoms with van der Waals surface area (Å²) in [4.78, 5) is 1.95. The summed E-state index contributed by atoms with van der Waals surface area (Å²) in [5.74, 6) is 0.841. The standard InChI is InChI=1S/C11H17NO2/c1-12(2)10(8-13)9-14-11-6-4-3-5-7-11/h3-7,10,13H,8-9H2,1-2H3/t10-/m0/s1. The lowest BCUT2D eigenvalue weighted by Crippen LogP contribution is -2.36. The molecule has 78 valence electrons. The van der Waals surface area contributed by atoms with Gasteiger partial charge in [0.15, 0.2) is 0 Å². The molecule has 1 N–H and O–H groups in total. The van der Waals surface area contributed by atoms with Gasteiger partial charge in [0.2, 0.25) is 0 Å². The summed E-state index contributed by atoms with van der Waals surface area (Å²) >= 11 is 0. The predicted octanol–water partition coefficient (Wildman–Crippen LogP) is 0.988. The summed E-state index contributed by atoms with van der Waals surface area (Å²) in [5, 5.41) is 9.05. The fraction of sp³-hybridized carbons (Fsp3) is 0.455. The molecule has 3 nitrogen and oxygen atoms in total. The molecule has 0 saturated carbocycles. The van der Waals surface area contributed by atoms with Crippen LogP contribution in [0.5, 0.6) is 5.75 Å². The van der Waals surface area contributed by atoms with E-state index in [0.717, 1.165) is 5.75 Å². The van der Waals surface area contributed by atoms with Crippen LogP contribution in [0.3, 0.4) is 0 Å². The van der Waals surface area contributed by atoms with E-state index in [-0.39, 0.29) is 12.6 Å². The molecule has 0 radical (unpaired) electrons. The molecule has 14 heavy (non-hydrogen) atoms. The van der Waals surface area contributed by atoms with Crippen molar-refractivity contribution in [3.05, 3.63) is 30.3 Å². The Morgan fingerprint density at radius 1 is 1.29 bits per heavy atom. The molecule has 0 unspecified atom stereocenters. The van der Waals surface area contributed by atoms with Crippen LogP contribution >= 0.6 is 0 Å². The zero-order chi connectivity index (χ0) is 10.4. The topological polar surface area (TPSA) is 32.7 Å². The van der Waals surface area contributed by atoms with Gasteiger partial charge in [-0.1, -0.05) is 18.2 Å². The number of aliphatic hydroxyl groups excluding tert-OH is 1. The van der Waals surface area contributed by atoms with Gasteiger partial charge >= 0.3 is 0 Å². The van der Waals surface area contributed by atoms with Crippen LogP contribution < -0.4 is 4.74 Å². The molecule has 0 heterocycles. The number of hydrogen-bond donors (Lipinski definition) is 1. The van der Waals surface area contributed by atoms with Gasteiger partial charge in [0.05, 0.1) is 12.6 Å². The van der Waals surface area contributed by atoms with Gasteiger partial charge in [-0.15, -0.1) is 0 Å². The van der Waals surface area contributed by atoms with Crippen LogP contribution in [-0.4, -0.2) is 43.4 Å². The quantitative estimate of drug-likeness (QED) is 0.760. The van der Waals surface area contributed by atoms with E-state index in [0.29, 0.717) is 6.61 Å². The maximum absolute atomic E-state index is 9.05. The minimum absolute atomic E-state index is 0.0511. The van der Waals surface area contributed by atoms with Gasteiger partial charge in [0, 0.05) is 0 Å². The Balaban J connectivity index is 2.40. The van der Waals surface area contributed by atoms with E-state index in [1.54, 1.807) is 0 Å². The highest BCUT2D eigenvalue weighted by atomic mass is 16.5. The van der Waals surface area contributed by atoms with Crippen molar-refractivity contribution in [2.24, 2.45) is 0 Å². The summed E-state index contributed by atoms with van der Waals surface area (Å²) in [6.07, 6.45) is 0. The molecule has 1 atom stereocenters. The summed E-state index contributed by atoms with van der Waals surface area (Å²) in [7, 11) is 3.85. The van der Waals surface area contributed by atoms with Crippen molar-refractivity contribution in [1.82, 2.24) is 4.90 Å². The van der Waals surface area contributed by atoms with Gasteiger partial charge in [-0.05, 0) is 26.2 Å². The first-order chi connectivity index (χ1) is 6.74. The number of hydrogen-bond acceptors (Lipinski definition) is 3. The Kier molecular flexibility index (Phi) is 4.43. The van der Waals surface area contributed by atoms with Crippen molar-refractivity contribution in [2.75, 3.05) is 27.3 Å². The molecule has 0 aromatic heterocycles. The summed E-state index contributed by atoms with van der Waals surface area (Å²) in [5.41, 5.74) is 0. The van der Waals surface area contributed by atoms with E-state index in [4.69, 9.17) is 9.84 Å². The molecule has 0 aliphatic heterocycles. The molecule has 0 aliphatic rings. The van der Waals surface area contributed by atoms with Crippen molar-refractivity contribution < 1.29 is 9.84 Å². The molecule has 0 fully saturated rings. The molecule has 1 rings (SSSR count). The summed E-state index contributed by atoms with van der Waals surface area (Å²) < 4.78 is 5.52. The highest BCUT2D eigenvalue weighted by molar-refractivity contribution is 5.20. The third kappa shape index (κ3) is 3.36. The highest BCUT2D eigenvalue weighted by Gasteiger charge is 2.10. The largest absolute Gasteiger partial charge is 0.492 e. The van der Waals surface area contributed by atoms with Crippen molar-refractivity contribution in [3.63, 3.8) is 0 Å². The molecule has 0 amide bonds. The number of aliphatic hydroxyl groups is 1. The number of nitrogens with zero attached hydrogens (tertiary/aromatic N) is 1. The van der Waals surface area contributed by atoms with Gasteiger partial charge in [0.25, 0.3) is 0 Å². The van der Waals surface area contributed by atoms with Crippen LogP contribution in [0.4, 0.5) is 0 Å². The van der Waals surface area contributed by atoms with Crippen molar-refractivity contribution in [2.45, 2.75) is 6.04 Å². The van der Waals surface area contributed by atoms with E-state index in [1.165, 1.54) is 0 Å². The Morgan fingerprint density at radius 2 is 1.93 bits per heavy atom. The summed E-state index contributed by atoms with van der Waals surface area (Å²) in [6.45, 7) is 0.618. The van der Waals surface area contributed by atoms with Crippen LogP contribution in [0.2, 0.25) is 0 Å². The van der Waals surface area contributed by atoms with Crippen molar-refractivity contribution in [1.29, 1.82) is 0 Å². The molecule has 0 spiro atoms. The SMILES string of the molecule is CN(C)[C@@H](CO)COc1ccccc1. The molecular formula is C11H17NO2. The number of likely N-dealkylation sites (N-methyl/N-ethyl adjacent to an activating group) is 1. The first kappa shape index (κ1) is 11.0. The minimum Gasteiger partial charge on any atom is -0.492 e. The van der Waals surface area contributed by atoms with Crippen LogP contribution in [-0.2, 0) is 0 Å². The Morgan fingerprint density at radius 3 is 2.43 bits per heavy atom. The number of para-hydroxylation sites is 1. The molecule has 0 aliphatic carbocycles. The molecule has 0 saturated heterocycles. The lowest BCUT2D eigenvalue weighted by Gasteiger charge is -2.21. The van der Waals surface area contributed by atoms with Crippen LogP contribution in [0, 0.1) is 0 Å². The second kappa shape index (κ2) is 5.62. The van der Waals surface area contributed by atoms with E-state index in [9.17, 15) is 0 Å². The molecule has 1 aromatic carbocycles. The zero-order valence-corrected chi connectivity index (χ0v) is 8.68. The zero-order valence-electron chi connectivity index (χ0n) is 8.68. The molecule has 0 bridgehead atoms. The van der Waals surface area contributed by atoms with Crippen LogP contribution in [0.15, 0.2) is 30.3 Å². The van der Waals surface area contributed by atoms with E-state index in [1.807, 2.05) is 49.3 Å². The van der Waals surface area contributed by atoms with Crippen LogP contribution in [0.1, 0.15) is 0 Å². The van der Waals surface area contributed by atoms with E-state index in [2.05, 4.69) is 0 Å². The smallest absolute Gasteiger partial charge is 0.119 e. The fourth-order valence-electron chi connectivity index (χ4n) is 1.07. The number of rotatable bonds is 5. The Labute approximate surface area is 84.9 Å². The second-order valence-electron chi connectivity index (χ2n) is 3.42. The maximum atomic E-state index is 9.05. The number of benzene rings is 1. The number of ether oxygens (including phenoxy) is 1. The Hall–Kier alpha value is -1.06. The van der Waals surface area contributed by atoms with Gasteiger partial charge in [-0.3, -0.25) is 0 Å². The van der Waals surface area contributed by atoms with Crippen molar-refractivity contribution >= 4 is 0 Å². The van der Waals surface area contributed by atoms with E-state index >= 15 is 0 Å². The summed E-state index contributed by atoms with van der Waals surface area (Å²) in [6, 6.07) is 9.67. The highest BCUT2D eigenvalue weighted by Crippen LogP contribution is 2.09.